The minimum atomic E-state index is -3.30. The summed E-state index contributed by atoms with van der Waals surface area (Å²) >= 11 is 3.43. The van der Waals surface area contributed by atoms with Crippen LogP contribution in [0.5, 0.6) is 0 Å². The summed E-state index contributed by atoms with van der Waals surface area (Å²) in [7, 11) is -3.30. The first-order valence-electron chi connectivity index (χ1n) is 12.3. The smallest absolute Gasteiger partial charge is 0.228 e. The molecule has 0 saturated carbocycles. The third-order valence-corrected chi connectivity index (χ3v) is 9.28. The summed E-state index contributed by atoms with van der Waals surface area (Å²) in [5.41, 5.74) is 3.86. The van der Waals surface area contributed by atoms with Crippen LogP contribution in [0.25, 0.3) is 0 Å². The molecule has 196 valence electrons. The number of nitrogens with one attached hydrogen (secondary N) is 3. The van der Waals surface area contributed by atoms with Crippen molar-refractivity contribution in [2.75, 3.05) is 36.1 Å². The van der Waals surface area contributed by atoms with Gasteiger partial charge in [-0.1, -0.05) is 0 Å². The van der Waals surface area contributed by atoms with E-state index in [0.29, 0.717) is 18.7 Å². The van der Waals surface area contributed by atoms with Crippen molar-refractivity contribution in [2.24, 2.45) is 5.92 Å². The second kappa shape index (κ2) is 10.2. The summed E-state index contributed by atoms with van der Waals surface area (Å²) in [6.45, 7) is 2.10. The Hall–Kier alpha value is -2.72. The fourth-order valence-electron chi connectivity index (χ4n) is 5.75. The minimum Gasteiger partial charge on any atom is -0.368 e. The molecular weight excluding hydrogens is 558 g/mol. The number of halogens is 1. The first-order chi connectivity index (χ1) is 17.7. The van der Waals surface area contributed by atoms with Crippen LogP contribution in [0.4, 0.5) is 11.5 Å². The summed E-state index contributed by atoms with van der Waals surface area (Å²) in [4.78, 5) is 20.0. The van der Waals surface area contributed by atoms with Crippen LogP contribution >= 0.6 is 15.9 Å². The van der Waals surface area contributed by atoms with E-state index in [9.17, 15) is 18.5 Å². The molecular formula is C25H30BrN7O3S. The van der Waals surface area contributed by atoms with Gasteiger partial charge in [0.2, 0.25) is 5.91 Å². The third kappa shape index (κ3) is 5.18. The first kappa shape index (κ1) is 25.9. The molecule has 3 N–H and O–H groups in total. The number of piperidine rings is 2. The molecule has 37 heavy (non-hydrogen) atoms. The summed E-state index contributed by atoms with van der Waals surface area (Å²) in [6, 6.07) is 12.9. The average molecular weight is 589 g/mol. The summed E-state index contributed by atoms with van der Waals surface area (Å²) in [5, 5.41) is 18.4. The maximum atomic E-state index is 13.0. The molecule has 10 nitrogen and oxygen atoms in total. The second-order valence-electron chi connectivity index (χ2n) is 9.97. The van der Waals surface area contributed by atoms with Gasteiger partial charge in [-0.15, -0.1) is 0 Å². The van der Waals surface area contributed by atoms with Gasteiger partial charge < -0.3 is 15.5 Å². The highest BCUT2D eigenvalue weighted by Crippen LogP contribution is 2.41. The Kier molecular flexibility index (Phi) is 7.15. The molecule has 3 aliphatic rings. The zero-order valence-corrected chi connectivity index (χ0v) is 22.9. The quantitative estimate of drug-likeness (QED) is 0.465. The number of anilines is 2. The van der Waals surface area contributed by atoms with E-state index in [1.165, 1.54) is 6.26 Å². The number of fused-ring (bicyclic) bond motifs is 1. The Morgan fingerprint density at radius 3 is 2.57 bits per heavy atom. The molecule has 3 unspecified atom stereocenters. The molecule has 12 heteroatoms. The van der Waals surface area contributed by atoms with Crippen molar-refractivity contribution in [3.8, 4) is 6.07 Å². The molecule has 2 aromatic rings. The van der Waals surface area contributed by atoms with Gasteiger partial charge in [-0.3, -0.25) is 4.79 Å². The molecule has 0 spiro atoms. The monoisotopic (exact) mass is 587 g/mol. The summed E-state index contributed by atoms with van der Waals surface area (Å²) in [6.07, 6.45) is 5.21. The van der Waals surface area contributed by atoms with Gasteiger partial charge in [-0.05, 0) is 71.6 Å². The van der Waals surface area contributed by atoms with Crippen molar-refractivity contribution in [1.82, 2.24) is 20.7 Å². The number of hydrogen-bond acceptors (Lipinski definition) is 9. The van der Waals surface area contributed by atoms with Crippen molar-refractivity contribution >= 4 is 43.2 Å². The number of hydrazine groups is 1. The number of amides is 1. The van der Waals surface area contributed by atoms with Gasteiger partial charge in [0.1, 0.15) is 12.0 Å². The molecule has 4 heterocycles. The molecule has 5 rings (SSSR count). The van der Waals surface area contributed by atoms with Gasteiger partial charge in [0.15, 0.2) is 9.84 Å². The Bertz CT molecular complexity index is 1290. The number of sulfone groups is 1. The average Bonchev–Trinajstić information content (AvgIpc) is 3.25. The lowest BCUT2D eigenvalue weighted by Crippen LogP contribution is -2.62. The Labute approximate surface area is 225 Å². The third-order valence-electron chi connectivity index (χ3n) is 7.68. The fourth-order valence-corrected chi connectivity index (χ4v) is 6.62. The van der Waals surface area contributed by atoms with E-state index in [-0.39, 0.29) is 22.8 Å². The first-order valence-corrected chi connectivity index (χ1v) is 15.0. The molecule has 1 aromatic carbocycles. The SMILES string of the molecule is CS(=O)(=O)c1ccc(NC2NN(C3(CC#N)CCN(c4ccc(Br)cn4)CC3)C3CCNC(=O)C23)cc1. The van der Waals surface area contributed by atoms with Crippen LogP contribution in [0.3, 0.4) is 0 Å². The van der Waals surface area contributed by atoms with Crippen molar-refractivity contribution in [3.05, 3.63) is 47.1 Å². The molecule has 0 aliphatic carbocycles. The second-order valence-corrected chi connectivity index (χ2v) is 12.9. The summed E-state index contributed by atoms with van der Waals surface area (Å²) in [5.74, 6) is 0.528. The van der Waals surface area contributed by atoms with Crippen molar-refractivity contribution in [3.63, 3.8) is 0 Å². The van der Waals surface area contributed by atoms with E-state index in [4.69, 9.17) is 0 Å². The Morgan fingerprint density at radius 2 is 1.95 bits per heavy atom. The fraction of sp³-hybridized carbons (Fsp3) is 0.480. The van der Waals surface area contributed by atoms with Crippen LogP contribution in [-0.2, 0) is 14.6 Å². The van der Waals surface area contributed by atoms with Crippen LogP contribution in [-0.4, -0.2) is 68.0 Å². The predicted molar refractivity (Wildman–Crippen MR) is 143 cm³/mol. The zero-order valence-electron chi connectivity index (χ0n) is 20.5. The van der Waals surface area contributed by atoms with E-state index in [0.717, 1.165) is 42.6 Å². The van der Waals surface area contributed by atoms with Gasteiger partial charge >= 0.3 is 0 Å². The molecule has 0 radical (unpaired) electrons. The van der Waals surface area contributed by atoms with Gasteiger partial charge in [0.05, 0.1) is 28.8 Å². The predicted octanol–water partition coefficient (Wildman–Crippen LogP) is 2.26. The Morgan fingerprint density at radius 1 is 1.22 bits per heavy atom. The molecule has 3 fully saturated rings. The van der Waals surface area contributed by atoms with Gasteiger partial charge in [-0.25, -0.2) is 23.8 Å². The lowest BCUT2D eigenvalue weighted by molar-refractivity contribution is -0.128. The lowest BCUT2D eigenvalue weighted by atomic mass is 9.81. The number of benzene rings is 1. The largest absolute Gasteiger partial charge is 0.368 e. The molecule has 3 atom stereocenters. The number of carbonyl (C=O) groups excluding carboxylic acids is 1. The summed E-state index contributed by atoms with van der Waals surface area (Å²) < 4.78 is 24.6. The maximum absolute atomic E-state index is 13.0. The van der Waals surface area contributed by atoms with Crippen molar-refractivity contribution in [2.45, 2.75) is 48.3 Å². The molecule has 3 saturated heterocycles. The van der Waals surface area contributed by atoms with Crippen LogP contribution < -0.4 is 21.0 Å². The normalized spacial score (nSPS) is 25.7. The van der Waals surface area contributed by atoms with Gasteiger partial charge in [0.25, 0.3) is 0 Å². The number of hydrogen-bond donors (Lipinski definition) is 3. The highest BCUT2D eigenvalue weighted by Gasteiger charge is 2.54. The van der Waals surface area contributed by atoms with E-state index < -0.39 is 21.5 Å². The van der Waals surface area contributed by atoms with Crippen LogP contribution in [0.15, 0.2) is 52.0 Å². The maximum Gasteiger partial charge on any atom is 0.228 e. The van der Waals surface area contributed by atoms with Gasteiger partial charge in [0, 0.05) is 48.3 Å². The molecule has 3 aliphatic heterocycles. The Balaban J connectivity index is 1.37. The van der Waals surface area contributed by atoms with Crippen LogP contribution in [0.2, 0.25) is 0 Å². The zero-order chi connectivity index (χ0) is 26.2. The van der Waals surface area contributed by atoms with E-state index >= 15 is 0 Å². The van der Waals surface area contributed by atoms with Crippen molar-refractivity contribution in [1.29, 1.82) is 5.26 Å². The minimum absolute atomic E-state index is 0.0277. The van der Waals surface area contributed by atoms with E-state index in [2.05, 4.69) is 53.0 Å². The van der Waals surface area contributed by atoms with Crippen LogP contribution in [0, 0.1) is 17.2 Å². The number of nitriles is 1. The molecule has 1 amide bonds. The van der Waals surface area contributed by atoms with Crippen LogP contribution in [0.1, 0.15) is 25.7 Å². The number of nitrogens with zero attached hydrogens (tertiary/aromatic N) is 4. The molecule has 0 bridgehead atoms. The topological polar surface area (TPSA) is 130 Å². The number of aromatic nitrogens is 1. The van der Waals surface area contributed by atoms with E-state index in [1.807, 2.05) is 12.1 Å². The lowest BCUT2D eigenvalue weighted by Gasteiger charge is -2.49. The van der Waals surface area contributed by atoms with Gasteiger partial charge in [-0.2, -0.15) is 5.26 Å². The van der Waals surface area contributed by atoms with E-state index in [1.54, 1.807) is 30.5 Å². The molecule has 1 aromatic heterocycles. The number of carbonyl (C=O) groups is 1. The highest BCUT2D eigenvalue weighted by molar-refractivity contribution is 9.10. The highest BCUT2D eigenvalue weighted by atomic mass is 79.9. The standard InChI is InChI=1S/C25H30BrN7O3S/c1-37(35,36)19-5-3-18(4-6-19)30-23-22-20(8-13-28-24(22)34)33(31-23)25(9-12-27)10-14-32(15-11-25)21-7-2-17(26)16-29-21/h2-7,16,20,22-23,30-31H,8-11,13-15H2,1H3,(H,28,34). The number of pyridine rings is 1. The van der Waals surface area contributed by atoms with Crippen molar-refractivity contribution < 1.29 is 13.2 Å². The number of rotatable bonds is 6.